The Hall–Kier alpha value is -1.29. The van der Waals surface area contributed by atoms with E-state index in [4.69, 9.17) is 22.1 Å². The highest BCUT2D eigenvalue weighted by Crippen LogP contribution is 2.30. The fourth-order valence-electron chi connectivity index (χ4n) is 1.11. The average Bonchev–Trinajstić information content (AvgIpc) is 2.87. The van der Waals surface area contributed by atoms with Gasteiger partial charge in [0.15, 0.2) is 0 Å². The number of halogens is 1. The summed E-state index contributed by atoms with van der Waals surface area (Å²) in [6.45, 7) is 0. The SMILES string of the molecule is NC(=O)c1c(OC2CC2)ccnc1Cl. The number of nitrogens with two attached hydrogens (primary N) is 1. The molecule has 5 heteroatoms. The third-order valence-electron chi connectivity index (χ3n) is 1.93. The first-order valence-electron chi connectivity index (χ1n) is 4.29. The number of pyridine rings is 1. The smallest absolute Gasteiger partial charge is 0.255 e. The number of rotatable bonds is 3. The summed E-state index contributed by atoms with van der Waals surface area (Å²) in [7, 11) is 0. The molecule has 1 aliphatic rings. The van der Waals surface area contributed by atoms with E-state index in [2.05, 4.69) is 4.98 Å². The molecule has 0 radical (unpaired) electrons. The van der Waals surface area contributed by atoms with Gasteiger partial charge in [-0.2, -0.15) is 0 Å². The Morgan fingerprint density at radius 2 is 2.36 bits per heavy atom. The van der Waals surface area contributed by atoms with Crippen molar-refractivity contribution in [2.24, 2.45) is 5.73 Å². The summed E-state index contributed by atoms with van der Waals surface area (Å²) in [6, 6.07) is 1.60. The van der Waals surface area contributed by atoms with Gasteiger partial charge < -0.3 is 10.5 Å². The minimum atomic E-state index is -0.612. The molecule has 1 aliphatic carbocycles. The van der Waals surface area contributed by atoms with Crippen LogP contribution in [0.2, 0.25) is 5.15 Å². The summed E-state index contributed by atoms with van der Waals surface area (Å²) in [4.78, 5) is 14.8. The van der Waals surface area contributed by atoms with Crippen molar-refractivity contribution in [3.8, 4) is 5.75 Å². The molecule has 0 bridgehead atoms. The molecule has 0 atom stereocenters. The quantitative estimate of drug-likeness (QED) is 0.770. The molecule has 0 saturated heterocycles. The standard InChI is InChI=1S/C9H9ClN2O2/c10-8-7(9(11)13)6(3-4-12-8)14-5-1-2-5/h3-5H,1-2H2,(H2,11,13). The number of hydrogen-bond donors (Lipinski definition) is 1. The molecule has 0 spiro atoms. The van der Waals surface area contributed by atoms with Crippen molar-refractivity contribution in [1.29, 1.82) is 0 Å². The Morgan fingerprint density at radius 1 is 1.64 bits per heavy atom. The second-order valence-corrected chi connectivity index (χ2v) is 3.51. The van der Waals surface area contributed by atoms with Crippen LogP contribution < -0.4 is 10.5 Å². The molecule has 0 aliphatic heterocycles. The van der Waals surface area contributed by atoms with Gasteiger partial charge in [-0.25, -0.2) is 4.98 Å². The molecule has 1 aromatic rings. The summed E-state index contributed by atoms with van der Waals surface area (Å²) < 4.78 is 5.47. The predicted molar refractivity (Wildman–Crippen MR) is 51.4 cm³/mol. The first-order valence-corrected chi connectivity index (χ1v) is 4.67. The van der Waals surface area contributed by atoms with E-state index in [9.17, 15) is 4.79 Å². The van der Waals surface area contributed by atoms with E-state index in [0.29, 0.717) is 5.75 Å². The molecule has 0 unspecified atom stereocenters. The van der Waals surface area contributed by atoms with E-state index in [1.54, 1.807) is 6.07 Å². The van der Waals surface area contributed by atoms with E-state index in [-0.39, 0.29) is 16.8 Å². The lowest BCUT2D eigenvalue weighted by molar-refractivity contribution is 0.0996. The normalized spacial score (nSPS) is 15.2. The average molecular weight is 213 g/mol. The molecule has 0 aromatic carbocycles. The Labute approximate surface area is 86.0 Å². The van der Waals surface area contributed by atoms with Crippen LogP contribution in [0, 0.1) is 0 Å². The lowest BCUT2D eigenvalue weighted by atomic mass is 10.2. The molecule has 2 rings (SSSR count). The number of primary amides is 1. The molecule has 14 heavy (non-hydrogen) atoms. The lowest BCUT2D eigenvalue weighted by Gasteiger charge is -2.08. The minimum Gasteiger partial charge on any atom is -0.489 e. The Balaban J connectivity index is 2.35. The largest absolute Gasteiger partial charge is 0.489 e. The van der Waals surface area contributed by atoms with Gasteiger partial charge in [0.2, 0.25) is 0 Å². The molecule has 1 saturated carbocycles. The third-order valence-corrected chi connectivity index (χ3v) is 2.22. The highest BCUT2D eigenvalue weighted by molar-refractivity contribution is 6.33. The van der Waals surface area contributed by atoms with Crippen molar-refractivity contribution < 1.29 is 9.53 Å². The Kier molecular flexibility index (Phi) is 2.29. The molecule has 1 amide bonds. The fraction of sp³-hybridized carbons (Fsp3) is 0.333. The van der Waals surface area contributed by atoms with Gasteiger partial charge in [0, 0.05) is 6.20 Å². The molecule has 1 heterocycles. The van der Waals surface area contributed by atoms with Crippen LogP contribution in [0.25, 0.3) is 0 Å². The van der Waals surface area contributed by atoms with E-state index >= 15 is 0 Å². The van der Waals surface area contributed by atoms with E-state index < -0.39 is 5.91 Å². The van der Waals surface area contributed by atoms with Crippen molar-refractivity contribution in [2.75, 3.05) is 0 Å². The van der Waals surface area contributed by atoms with Crippen LogP contribution >= 0.6 is 11.6 Å². The molecule has 1 fully saturated rings. The molecular weight excluding hydrogens is 204 g/mol. The number of hydrogen-bond acceptors (Lipinski definition) is 3. The zero-order valence-electron chi connectivity index (χ0n) is 7.37. The van der Waals surface area contributed by atoms with Gasteiger partial charge in [-0.05, 0) is 18.9 Å². The second kappa shape index (κ2) is 3.46. The molecular formula is C9H9ClN2O2. The van der Waals surface area contributed by atoms with E-state index in [1.165, 1.54) is 6.20 Å². The molecule has 74 valence electrons. The van der Waals surface area contributed by atoms with Gasteiger partial charge in [0.05, 0.1) is 6.10 Å². The first-order chi connectivity index (χ1) is 6.68. The van der Waals surface area contributed by atoms with Crippen LogP contribution in [-0.2, 0) is 0 Å². The zero-order chi connectivity index (χ0) is 10.1. The summed E-state index contributed by atoms with van der Waals surface area (Å²) in [5.74, 6) is -0.182. The maximum absolute atomic E-state index is 11.1. The summed E-state index contributed by atoms with van der Waals surface area (Å²) >= 11 is 5.74. The van der Waals surface area contributed by atoms with Crippen molar-refractivity contribution >= 4 is 17.5 Å². The molecule has 1 aromatic heterocycles. The maximum Gasteiger partial charge on any atom is 0.255 e. The van der Waals surface area contributed by atoms with Gasteiger partial charge >= 0.3 is 0 Å². The van der Waals surface area contributed by atoms with Gasteiger partial charge in [-0.1, -0.05) is 11.6 Å². The highest BCUT2D eigenvalue weighted by atomic mass is 35.5. The maximum atomic E-state index is 11.1. The first kappa shape index (κ1) is 9.27. The fourth-order valence-corrected chi connectivity index (χ4v) is 1.35. The van der Waals surface area contributed by atoms with Crippen LogP contribution in [0.1, 0.15) is 23.2 Å². The topological polar surface area (TPSA) is 65.2 Å². The van der Waals surface area contributed by atoms with Crippen molar-refractivity contribution in [3.05, 3.63) is 23.0 Å². The van der Waals surface area contributed by atoms with Gasteiger partial charge in [-0.3, -0.25) is 4.79 Å². The number of ether oxygens (including phenoxy) is 1. The lowest BCUT2D eigenvalue weighted by Crippen LogP contribution is -2.14. The number of aromatic nitrogens is 1. The highest BCUT2D eigenvalue weighted by Gasteiger charge is 2.26. The number of carbonyl (C=O) groups excluding carboxylic acids is 1. The van der Waals surface area contributed by atoms with Crippen molar-refractivity contribution in [2.45, 2.75) is 18.9 Å². The van der Waals surface area contributed by atoms with Crippen LogP contribution in [0.3, 0.4) is 0 Å². The second-order valence-electron chi connectivity index (χ2n) is 3.16. The monoisotopic (exact) mass is 212 g/mol. The predicted octanol–water partition coefficient (Wildman–Crippen LogP) is 1.38. The summed E-state index contributed by atoms with van der Waals surface area (Å²) in [6.07, 6.45) is 3.72. The summed E-state index contributed by atoms with van der Waals surface area (Å²) in [5, 5.41) is 0.0932. The van der Waals surface area contributed by atoms with E-state index in [0.717, 1.165) is 12.8 Å². The summed E-state index contributed by atoms with van der Waals surface area (Å²) in [5.41, 5.74) is 5.34. The van der Waals surface area contributed by atoms with Crippen LogP contribution in [0.15, 0.2) is 12.3 Å². The van der Waals surface area contributed by atoms with Gasteiger partial charge in [0.1, 0.15) is 16.5 Å². The Morgan fingerprint density at radius 3 is 2.93 bits per heavy atom. The van der Waals surface area contributed by atoms with Gasteiger partial charge in [-0.15, -0.1) is 0 Å². The number of nitrogens with zero attached hydrogens (tertiary/aromatic N) is 1. The Bertz CT molecular complexity index is 377. The van der Waals surface area contributed by atoms with Gasteiger partial charge in [0.25, 0.3) is 5.91 Å². The van der Waals surface area contributed by atoms with E-state index in [1.807, 2.05) is 0 Å². The van der Waals surface area contributed by atoms with Crippen LogP contribution in [0.4, 0.5) is 0 Å². The molecule has 4 nitrogen and oxygen atoms in total. The third kappa shape index (κ3) is 1.80. The number of amides is 1. The van der Waals surface area contributed by atoms with Crippen molar-refractivity contribution in [3.63, 3.8) is 0 Å². The zero-order valence-corrected chi connectivity index (χ0v) is 8.12. The van der Waals surface area contributed by atoms with Crippen LogP contribution in [0.5, 0.6) is 5.75 Å². The van der Waals surface area contributed by atoms with Crippen molar-refractivity contribution in [1.82, 2.24) is 4.98 Å². The van der Waals surface area contributed by atoms with Crippen LogP contribution in [-0.4, -0.2) is 17.0 Å². The minimum absolute atomic E-state index is 0.0932. The molecule has 2 N–H and O–H groups in total. The number of carbonyl (C=O) groups is 1.